The number of hydrogen-bond acceptors (Lipinski definition) is 6. The molecule has 1 aliphatic rings. The van der Waals surface area contributed by atoms with Gasteiger partial charge < -0.3 is 24.2 Å². The number of nitrogens with zero attached hydrogens (tertiary/aromatic N) is 3. The van der Waals surface area contributed by atoms with Gasteiger partial charge in [0, 0.05) is 24.9 Å². The predicted molar refractivity (Wildman–Crippen MR) is 122 cm³/mol. The van der Waals surface area contributed by atoms with E-state index in [0.29, 0.717) is 30.0 Å². The fraction of sp³-hybridized carbons (Fsp3) is 0.261. The van der Waals surface area contributed by atoms with Gasteiger partial charge in [-0.3, -0.25) is 0 Å². The van der Waals surface area contributed by atoms with Gasteiger partial charge in [-0.05, 0) is 36.8 Å². The first-order valence-electron chi connectivity index (χ1n) is 9.93. The van der Waals surface area contributed by atoms with E-state index < -0.39 is 0 Å². The Labute approximate surface area is 186 Å². The Balaban J connectivity index is 1.80. The van der Waals surface area contributed by atoms with Gasteiger partial charge in [0.2, 0.25) is 5.82 Å². The van der Waals surface area contributed by atoms with Crippen LogP contribution in [0.2, 0.25) is 0 Å². The Hall–Kier alpha value is -3.23. The molecule has 0 amide bonds. The normalized spacial score (nSPS) is 16.4. The smallest absolute Gasteiger partial charge is 0.258 e. The van der Waals surface area contributed by atoms with Crippen LogP contribution < -0.4 is 10.1 Å². The molecule has 1 atom stereocenters. The molecule has 160 valence electrons. The lowest BCUT2D eigenvalue weighted by Crippen LogP contribution is -2.47. The summed E-state index contributed by atoms with van der Waals surface area (Å²) >= 11 is 5.67. The molecular weight excluding hydrogens is 412 g/mol. The van der Waals surface area contributed by atoms with E-state index in [1.807, 2.05) is 66.4 Å². The Bertz CT molecular complexity index is 1100. The van der Waals surface area contributed by atoms with Crippen LogP contribution in [0.5, 0.6) is 5.75 Å². The molecule has 3 aromatic rings. The molecule has 0 saturated carbocycles. The van der Waals surface area contributed by atoms with Gasteiger partial charge in [-0.25, -0.2) is 0 Å². The second-order valence-electron chi connectivity index (χ2n) is 7.09. The van der Waals surface area contributed by atoms with E-state index in [9.17, 15) is 0 Å². The maximum atomic E-state index is 5.73. The van der Waals surface area contributed by atoms with Crippen molar-refractivity contribution in [3.05, 3.63) is 71.7 Å². The van der Waals surface area contributed by atoms with Crippen LogP contribution in [-0.2, 0) is 4.74 Å². The summed E-state index contributed by atoms with van der Waals surface area (Å²) in [5.41, 5.74) is 3.69. The van der Waals surface area contributed by atoms with Crippen LogP contribution in [0.3, 0.4) is 0 Å². The Morgan fingerprint density at radius 2 is 1.94 bits per heavy atom. The van der Waals surface area contributed by atoms with Crippen molar-refractivity contribution in [2.45, 2.75) is 13.0 Å². The number of benzene rings is 2. The number of rotatable bonds is 7. The molecule has 1 aromatic heterocycles. The fourth-order valence-electron chi connectivity index (χ4n) is 3.62. The third kappa shape index (κ3) is 4.30. The summed E-state index contributed by atoms with van der Waals surface area (Å²) in [6.45, 7) is 3.16. The number of hydrogen-bond donors (Lipinski definition) is 1. The van der Waals surface area contributed by atoms with Crippen molar-refractivity contribution in [1.29, 1.82) is 0 Å². The molecule has 0 radical (unpaired) electrons. The molecular formula is C23H24N4O3S. The topological polar surface area (TPSA) is 72.7 Å². The van der Waals surface area contributed by atoms with Crippen molar-refractivity contribution in [3.8, 4) is 17.1 Å². The molecule has 31 heavy (non-hydrogen) atoms. The van der Waals surface area contributed by atoms with Gasteiger partial charge in [0.25, 0.3) is 5.89 Å². The van der Waals surface area contributed by atoms with Crippen LogP contribution in [0.4, 0.5) is 0 Å². The van der Waals surface area contributed by atoms with Crippen molar-refractivity contribution in [1.82, 2.24) is 20.4 Å². The third-order valence-corrected chi connectivity index (χ3v) is 5.57. The van der Waals surface area contributed by atoms with E-state index in [0.717, 1.165) is 28.1 Å². The lowest BCUT2D eigenvalue weighted by atomic mass is 9.94. The van der Waals surface area contributed by atoms with Crippen LogP contribution in [0, 0.1) is 0 Å². The molecule has 1 unspecified atom stereocenters. The highest BCUT2D eigenvalue weighted by Gasteiger charge is 2.34. The predicted octanol–water partition coefficient (Wildman–Crippen LogP) is 4.05. The van der Waals surface area contributed by atoms with E-state index >= 15 is 0 Å². The number of methoxy groups -OCH3 is 2. The number of nitrogens with one attached hydrogen (secondary N) is 1. The third-order valence-electron chi connectivity index (χ3n) is 5.23. The van der Waals surface area contributed by atoms with Crippen LogP contribution in [0.15, 0.2) is 64.8 Å². The highest BCUT2D eigenvalue weighted by Crippen LogP contribution is 2.38. The van der Waals surface area contributed by atoms with Gasteiger partial charge in [-0.1, -0.05) is 47.6 Å². The van der Waals surface area contributed by atoms with Gasteiger partial charge in [0.05, 0.1) is 25.3 Å². The van der Waals surface area contributed by atoms with Crippen molar-refractivity contribution in [2.75, 3.05) is 27.4 Å². The Morgan fingerprint density at radius 1 is 1.13 bits per heavy atom. The van der Waals surface area contributed by atoms with Crippen molar-refractivity contribution < 1.29 is 14.0 Å². The molecule has 0 aliphatic carbocycles. The SMILES string of the molecule is COCCN1C(=S)NC(c2cccc(OC)c2)C(c2nc(-c3ccccc3)no2)=C1C. The highest BCUT2D eigenvalue weighted by molar-refractivity contribution is 7.80. The summed E-state index contributed by atoms with van der Waals surface area (Å²) in [4.78, 5) is 6.70. The van der Waals surface area contributed by atoms with Crippen molar-refractivity contribution in [3.63, 3.8) is 0 Å². The maximum absolute atomic E-state index is 5.73. The molecule has 2 heterocycles. The number of allylic oxidation sites excluding steroid dienone is 1. The Morgan fingerprint density at radius 3 is 2.68 bits per heavy atom. The molecule has 1 N–H and O–H groups in total. The van der Waals surface area contributed by atoms with Gasteiger partial charge in [0.15, 0.2) is 5.11 Å². The van der Waals surface area contributed by atoms with E-state index in [2.05, 4.69) is 10.5 Å². The molecule has 7 nitrogen and oxygen atoms in total. The zero-order valence-electron chi connectivity index (χ0n) is 17.7. The lowest BCUT2D eigenvalue weighted by molar-refractivity contribution is 0.183. The Kier molecular flexibility index (Phi) is 6.29. The van der Waals surface area contributed by atoms with E-state index in [1.54, 1.807) is 14.2 Å². The first kappa shape index (κ1) is 21.0. The summed E-state index contributed by atoms with van der Waals surface area (Å²) < 4.78 is 16.4. The van der Waals surface area contributed by atoms with Crippen LogP contribution in [0.25, 0.3) is 17.0 Å². The largest absolute Gasteiger partial charge is 0.497 e. The highest BCUT2D eigenvalue weighted by atomic mass is 32.1. The van der Waals surface area contributed by atoms with Crippen LogP contribution >= 0.6 is 12.2 Å². The number of aromatic nitrogens is 2. The molecule has 8 heteroatoms. The summed E-state index contributed by atoms with van der Waals surface area (Å²) in [5.74, 6) is 1.75. The molecule has 0 bridgehead atoms. The zero-order chi connectivity index (χ0) is 21.8. The second kappa shape index (κ2) is 9.28. The summed E-state index contributed by atoms with van der Waals surface area (Å²) in [7, 11) is 3.32. The molecule has 1 aliphatic heterocycles. The standard InChI is InChI=1S/C23H24N4O3S/c1-15-19(22-25-21(26-30-22)16-8-5-4-6-9-16)20(17-10-7-11-18(14-17)29-3)24-23(31)27(15)12-13-28-2/h4-11,14,20H,12-13H2,1-3H3,(H,24,31). The van der Waals surface area contributed by atoms with Gasteiger partial charge in [-0.15, -0.1) is 0 Å². The molecule has 0 saturated heterocycles. The minimum absolute atomic E-state index is 0.259. The molecule has 0 spiro atoms. The fourth-order valence-corrected chi connectivity index (χ4v) is 3.96. The summed E-state index contributed by atoms with van der Waals surface area (Å²) in [6.07, 6.45) is 0. The minimum Gasteiger partial charge on any atom is -0.497 e. The average molecular weight is 437 g/mol. The minimum atomic E-state index is -0.259. The van der Waals surface area contributed by atoms with E-state index in [1.165, 1.54) is 0 Å². The summed E-state index contributed by atoms with van der Waals surface area (Å²) in [5, 5.41) is 8.27. The van der Waals surface area contributed by atoms with Gasteiger partial charge in [-0.2, -0.15) is 4.98 Å². The maximum Gasteiger partial charge on any atom is 0.258 e. The quantitative estimate of drug-likeness (QED) is 0.556. The van der Waals surface area contributed by atoms with Gasteiger partial charge in [0.1, 0.15) is 5.75 Å². The lowest BCUT2D eigenvalue weighted by Gasteiger charge is -2.37. The average Bonchev–Trinajstić information content (AvgIpc) is 3.29. The molecule has 4 rings (SSSR count). The summed E-state index contributed by atoms with van der Waals surface area (Å²) in [6, 6.07) is 17.4. The number of ether oxygens (including phenoxy) is 2. The number of thiocarbonyl (C=S) groups is 1. The monoisotopic (exact) mass is 436 g/mol. The van der Waals surface area contributed by atoms with Crippen molar-refractivity contribution in [2.24, 2.45) is 0 Å². The van der Waals surface area contributed by atoms with Crippen LogP contribution in [-0.4, -0.2) is 47.5 Å². The second-order valence-corrected chi connectivity index (χ2v) is 7.48. The van der Waals surface area contributed by atoms with Gasteiger partial charge >= 0.3 is 0 Å². The van der Waals surface area contributed by atoms with E-state index in [-0.39, 0.29) is 6.04 Å². The molecule has 0 fully saturated rings. The van der Waals surface area contributed by atoms with Crippen molar-refractivity contribution >= 4 is 22.9 Å². The zero-order valence-corrected chi connectivity index (χ0v) is 18.5. The molecule has 2 aromatic carbocycles. The first-order chi connectivity index (χ1) is 15.1. The van der Waals surface area contributed by atoms with E-state index in [4.69, 9.17) is 31.2 Å². The first-order valence-corrected chi connectivity index (χ1v) is 10.3. The van der Waals surface area contributed by atoms with Crippen LogP contribution in [0.1, 0.15) is 24.4 Å².